The average Bonchev–Trinajstić information content (AvgIpc) is 2.96. The molecule has 1 atom stereocenters. The lowest BCUT2D eigenvalue weighted by Gasteiger charge is -2.26. The highest BCUT2D eigenvalue weighted by Gasteiger charge is 2.30. The van der Waals surface area contributed by atoms with Gasteiger partial charge >= 0.3 is 0 Å². The van der Waals surface area contributed by atoms with Gasteiger partial charge in [0.25, 0.3) is 0 Å². The summed E-state index contributed by atoms with van der Waals surface area (Å²) >= 11 is 0. The van der Waals surface area contributed by atoms with E-state index in [1.807, 2.05) is 20.0 Å². The lowest BCUT2D eigenvalue weighted by atomic mass is 10.1. The maximum absolute atomic E-state index is 4.52. The van der Waals surface area contributed by atoms with Crippen LogP contribution in [0.2, 0.25) is 0 Å². The maximum atomic E-state index is 4.52. The van der Waals surface area contributed by atoms with Gasteiger partial charge in [0.05, 0.1) is 6.04 Å². The van der Waals surface area contributed by atoms with E-state index >= 15 is 0 Å². The summed E-state index contributed by atoms with van der Waals surface area (Å²) in [6, 6.07) is 2.24. The van der Waals surface area contributed by atoms with E-state index in [0.717, 1.165) is 42.4 Å². The normalized spacial score (nSPS) is 18.3. The quantitative estimate of drug-likeness (QED) is 0.919. The molecule has 6 nitrogen and oxygen atoms in total. The Morgan fingerprint density at radius 3 is 2.85 bits per heavy atom. The molecule has 6 heteroatoms. The van der Waals surface area contributed by atoms with E-state index in [1.165, 1.54) is 0 Å². The van der Waals surface area contributed by atoms with Gasteiger partial charge in [0.1, 0.15) is 23.7 Å². The van der Waals surface area contributed by atoms with Crippen LogP contribution in [0, 0.1) is 6.92 Å². The standard InChI is InChI=1S/C14H18N6/c1-10-8-12(19-9-18-10)20-7-3-4-11(20)13-14(15-2)17-6-5-16-13/h5-6,8-9,11H,3-4,7H2,1-2H3,(H,15,17)/t11-/m0/s1. The Morgan fingerprint density at radius 2 is 2.05 bits per heavy atom. The molecule has 0 saturated carbocycles. The second-order valence-electron chi connectivity index (χ2n) is 4.91. The van der Waals surface area contributed by atoms with Crippen molar-refractivity contribution in [2.24, 2.45) is 0 Å². The lowest BCUT2D eigenvalue weighted by molar-refractivity contribution is 0.684. The van der Waals surface area contributed by atoms with Gasteiger partial charge in [-0.3, -0.25) is 4.98 Å². The molecule has 0 radical (unpaired) electrons. The first kappa shape index (κ1) is 12.8. The second-order valence-corrected chi connectivity index (χ2v) is 4.91. The second kappa shape index (κ2) is 5.40. The Kier molecular flexibility index (Phi) is 3.45. The summed E-state index contributed by atoms with van der Waals surface area (Å²) < 4.78 is 0. The van der Waals surface area contributed by atoms with Crippen molar-refractivity contribution in [3.8, 4) is 0 Å². The molecule has 1 N–H and O–H groups in total. The summed E-state index contributed by atoms with van der Waals surface area (Å²) in [6.45, 7) is 2.97. The molecule has 104 valence electrons. The summed E-state index contributed by atoms with van der Waals surface area (Å²) in [5.74, 6) is 1.81. The van der Waals surface area contributed by atoms with Crippen molar-refractivity contribution in [3.05, 3.63) is 36.2 Å². The highest BCUT2D eigenvalue weighted by Crippen LogP contribution is 2.36. The van der Waals surface area contributed by atoms with Crippen LogP contribution in [0.5, 0.6) is 0 Å². The number of anilines is 2. The molecular formula is C14H18N6. The van der Waals surface area contributed by atoms with Gasteiger partial charge in [-0.25, -0.2) is 15.0 Å². The third-order valence-electron chi connectivity index (χ3n) is 3.62. The Morgan fingerprint density at radius 1 is 1.20 bits per heavy atom. The smallest absolute Gasteiger partial charge is 0.149 e. The van der Waals surface area contributed by atoms with Crippen LogP contribution in [0.15, 0.2) is 24.8 Å². The molecule has 0 bridgehead atoms. The van der Waals surface area contributed by atoms with Gasteiger partial charge in [-0.1, -0.05) is 0 Å². The minimum Gasteiger partial charge on any atom is -0.372 e. The Bertz CT molecular complexity index is 600. The number of nitrogens with zero attached hydrogens (tertiary/aromatic N) is 5. The lowest BCUT2D eigenvalue weighted by Crippen LogP contribution is -2.25. The minimum absolute atomic E-state index is 0.223. The van der Waals surface area contributed by atoms with Crippen molar-refractivity contribution in [2.45, 2.75) is 25.8 Å². The first-order valence-corrected chi connectivity index (χ1v) is 6.83. The highest BCUT2D eigenvalue weighted by molar-refractivity contribution is 5.49. The van der Waals surface area contributed by atoms with E-state index in [4.69, 9.17) is 0 Å². The van der Waals surface area contributed by atoms with E-state index in [1.54, 1.807) is 18.7 Å². The van der Waals surface area contributed by atoms with Crippen molar-refractivity contribution >= 4 is 11.6 Å². The predicted octanol–water partition coefficient (Wildman–Crippen LogP) is 1.96. The van der Waals surface area contributed by atoms with Gasteiger partial charge in [0, 0.05) is 37.7 Å². The summed E-state index contributed by atoms with van der Waals surface area (Å²) in [7, 11) is 1.88. The van der Waals surface area contributed by atoms with Gasteiger partial charge in [0.15, 0.2) is 0 Å². The number of rotatable bonds is 3. The van der Waals surface area contributed by atoms with Crippen LogP contribution in [0.4, 0.5) is 11.6 Å². The van der Waals surface area contributed by atoms with Gasteiger partial charge in [-0.05, 0) is 19.8 Å². The molecule has 2 aromatic heterocycles. The van der Waals surface area contributed by atoms with Crippen molar-refractivity contribution in [2.75, 3.05) is 23.8 Å². The monoisotopic (exact) mass is 270 g/mol. The molecule has 2 aromatic rings. The SMILES string of the molecule is CNc1nccnc1[C@@H]1CCCN1c1cc(C)ncn1. The first-order valence-electron chi connectivity index (χ1n) is 6.83. The predicted molar refractivity (Wildman–Crippen MR) is 77.7 cm³/mol. The maximum Gasteiger partial charge on any atom is 0.149 e. The molecule has 0 amide bonds. The van der Waals surface area contributed by atoms with Crippen LogP contribution >= 0.6 is 0 Å². The van der Waals surface area contributed by atoms with Crippen molar-refractivity contribution in [3.63, 3.8) is 0 Å². The Balaban J connectivity index is 1.96. The van der Waals surface area contributed by atoms with Gasteiger partial charge in [0.2, 0.25) is 0 Å². The van der Waals surface area contributed by atoms with Gasteiger partial charge < -0.3 is 10.2 Å². The molecule has 0 aromatic carbocycles. The van der Waals surface area contributed by atoms with Gasteiger partial charge in [-0.2, -0.15) is 0 Å². The number of nitrogens with one attached hydrogen (secondary N) is 1. The highest BCUT2D eigenvalue weighted by atomic mass is 15.2. The van der Waals surface area contributed by atoms with E-state index in [9.17, 15) is 0 Å². The van der Waals surface area contributed by atoms with E-state index in [-0.39, 0.29) is 6.04 Å². The van der Waals surface area contributed by atoms with Crippen LogP contribution in [0.3, 0.4) is 0 Å². The van der Waals surface area contributed by atoms with E-state index < -0.39 is 0 Å². The van der Waals surface area contributed by atoms with Crippen molar-refractivity contribution in [1.82, 2.24) is 19.9 Å². The molecule has 1 saturated heterocycles. The van der Waals surface area contributed by atoms with Crippen LogP contribution in [0.1, 0.15) is 30.3 Å². The third kappa shape index (κ3) is 2.29. The number of hydrogen-bond acceptors (Lipinski definition) is 6. The van der Waals surface area contributed by atoms with Crippen LogP contribution in [0.25, 0.3) is 0 Å². The fourth-order valence-electron chi connectivity index (χ4n) is 2.71. The van der Waals surface area contributed by atoms with E-state index in [2.05, 4.69) is 30.2 Å². The average molecular weight is 270 g/mol. The fourth-order valence-corrected chi connectivity index (χ4v) is 2.71. The molecule has 0 aliphatic carbocycles. The summed E-state index contributed by atoms with van der Waals surface area (Å²) in [5.41, 5.74) is 1.97. The third-order valence-corrected chi connectivity index (χ3v) is 3.62. The molecule has 1 aliphatic heterocycles. The molecule has 1 fully saturated rings. The molecule has 0 spiro atoms. The van der Waals surface area contributed by atoms with Crippen molar-refractivity contribution < 1.29 is 0 Å². The van der Waals surface area contributed by atoms with Crippen LogP contribution < -0.4 is 10.2 Å². The zero-order chi connectivity index (χ0) is 13.9. The summed E-state index contributed by atoms with van der Waals surface area (Å²) in [4.78, 5) is 19.7. The first-order chi connectivity index (χ1) is 9.79. The minimum atomic E-state index is 0.223. The van der Waals surface area contributed by atoms with Crippen molar-refractivity contribution in [1.29, 1.82) is 0 Å². The molecule has 3 rings (SSSR count). The molecule has 20 heavy (non-hydrogen) atoms. The number of aryl methyl sites for hydroxylation is 1. The molecule has 0 unspecified atom stereocenters. The summed E-state index contributed by atoms with van der Waals surface area (Å²) in [6.07, 6.45) is 7.28. The largest absolute Gasteiger partial charge is 0.372 e. The van der Waals surface area contributed by atoms with Crippen LogP contribution in [-0.2, 0) is 0 Å². The number of hydrogen-bond donors (Lipinski definition) is 1. The topological polar surface area (TPSA) is 66.8 Å². The van der Waals surface area contributed by atoms with Crippen LogP contribution in [-0.4, -0.2) is 33.5 Å². The molecular weight excluding hydrogens is 252 g/mol. The Hall–Kier alpha value is -2.24. The molecule has 1 aliphatic rings. The summed E-state index contributed by atoms with van der Waals surface area (Å²) in [5, 5.41) is 3.12. The van der Waals surface area contributed by atoms with Gasteiger partial charge in [-0.15, -0.1) is 0 Å². The zero-order valence-electron chi connectivity index (χ0n) is 11.7. The molecule has 3 heterocycles. The van der Waals surface area contributed by atoms with E-state index in [0.29, 0.717) is 0 Å². The Labute approximate surface area is 118 Å². The fraction of sp³-hybridized carbons (Fsp3) is 0.429. The zero-order valence-corrected chi connectivity index (χ0v) is 11.7. The number of aromatic nitrogens is 4.